The number of aromatic amines is 1. The molecule has 3 heterocycles. The molecule has 22 heavy (non-hydrogen) atoms. The lowest BCUT2D eigenvalue weighted by atomic mass is 10.0. The molecule has 1 unspecified atom stereocenters. The van der Waals surface area contributed by atoms with E-state index < -0.39 is 0 Å². The van der Waals surface area contributed by atoms with Gasteiger partial charge in [-0.3, -0.25) is 4.90 Å². The van der Waals surface area contributed by atoms with Crippen molar-refractivity contribution in [1.29, 1.82) is 0 Å². The predicted octanol–water partition coefficient (Wildman–Crippen LogP) is 1.36. The summed E-state index contributed by atoms with van der Waals surface area (Å²) in [4.78, 5) is 5.73. The Morgan fingerprint density at radius 3 is 3.23 bits per heavy atom. The van der Waals surface area contributed by atoms with Gasteiger partial charge in [-0.05, 0) is 29.1 Å². The number of hydrogen-bond donors (Lipinski definition) is 2. The van der Waals surface area contributed by atoms with Crippen LogP contribution >= 0.6 is 0 Å². The summed E-state index contributed by atoms with van der Waals surface area (Å²) >= 11 is 0. The van der Waals surface area contributed by atoms with Crippen LogP contribution in [0.5, 0.6) is 0 Å². The van der Waals surface area contributed by atoms with Gasteiger partial charge in [0.15, 0.2) is 0 Å². The van der Waals surface area contributed by atoms with Gasteiger partial charge >= 0.3 is 0 Å². The molecule has 1 spiro atoms. The third kappa shape index (κ3) is 2.90. The van der Waals surface area contributed by atoms with Crippen molar-refractivity contribution in [2.45, 2.75) is 12.1 Å². The second-order valence-corrected chi connectivity index (χ2v) is 6.37. The summed E-state index contributed by atoms with van der Waals surface area (Å²) < 4.78 is 11.8. The molecule has 0 amide bonds. The van der Waals surface area contributed by atoms with E-state index >= 15 is 0 Å². The van der Waals surface area contributed by atoms with Crippen molar-refractivity contribution in [2.24, 2.45) is 0 Å². The molecule has 4 rings (SSSR count). The number of nitrogens with one attached hydrogen (secondary N) is 2. The molecule has 2 N–H and O–H groups in total. The van der Waals surface area contributed by atoms with Gasteiger partial charge in [-0.1, -0.05) is 6.07 Å². The summed E-state index contributed by atoms with van der Waals surface area (Å²) in [5, 5.41) is 4.71. The first kappa shape index (κ1) is 14.2. The fraction of sp³-hybridized carbons (Fsp3) is 0.529. The Hall–Kier alpha value is -1.40. The van der Waals surface area contributed by atoms with Crippen LogP contribution in [0.15, 0.2) is 30.5 Å². The van der Waals surface area contributed by atoms with Gasteiger partial charge in [0.05, 0.1) is 19.8 Å². The zero-order valence-electron chi connectivity index (χ0n) is 12.8. The van der Waals surface area contributed by atoms with Gasteiger partial charge in [0.25, 0.3) is 0 Å². The fourth-order valence-electron chi connectivity index (χ4n) is 3.48. The number of fused-ring (bicyclic) bond motifs is 1. The monoisotopic (exact) mass is 301 g/mol. The van der Waals surface area contributed by atoms with Gasteiger partial charge in [-0.25, -0.2) is 0 Å². The largest absolute Gasteiger partial charge is 0.377 e. The number of H-pyrrole nitrogens is 1. The first-order valence-corrected chi connectivity index (χ1v) is 8.04. The van der Waals surface area contributed by atoms with E-state index in [1.54, 1.807) is 0 Å². The van der Waals surface area contributed by atoms with E-state index in [4.69, 9.17) is 9.47 Å². The van der Waals surface area contributed by atoms with Crippen LogP contribution in [-0.2, 0) is 16.0 Å². The molecule has 2 saturated heterocycles. The van der Waals surface area contributed by atoms with Crippen molar-refractivity contribution in [2.75, 3.05) is 46.0 Å². The van der Waals surface area contributed by atoms with Gasteiger partial charge in [-0.2, -0.15) is 0 Å². The highest BCUT2D eigenvalue weighted by molar-refractivity contribution is 5.79. The normalized spacial score (nSPS) is 27.3. The lowest BCUT2D eigenvalue weighted by Crippen LogP contribution is -2.57. The summed E-state index contributed by atoms with van der Waals surface area (Å²) in [7, 11) is 0. The summed E-state index contributed by atoms with van der Waals surface area (Å²) in [5.74, 6) is 0. The maximum Gasteiger partial charge on any atom is 0.116 e. The SMILES string of the molecule is c1cc2cc(CN3CCOC4(CNCCOC4)C3)ccc2[nH]1. The second-order valence-electron chi connectivity index (χ2n) is 6.37. The first-order valence-electron chi connectivity index (χ1n) is 8.04. The van der Waals surface area contributed by atoms with Crippen LogP contribution in [-0.4, -0.2) is 61.5 Å². The number of ether oxygens (including phenoxy) is 2. The third-order valence-corrected chi connectivity index (χ3v) is 4.59. The van der Waals surface area contributed by atoms with Crippen molar-refractivity contribution < 1.29 is 9.47 Å². The van der Waals surface area contributed by atoms with Gasteiger partial charge in [-0.15, -0.1) is 0 Å². The van der Waals surface area contributed by atoms with Crippen LogP contribution in [0.3, 0.4) is 0 Å². The third-order valence-electron chi connectivity index (χ3n) is 4.59. The molecule has 2 aliphatic heterocycles. The number of benzene rings is 1. The van der Waals surface area contributed by atoms with Gasteiger partial charge < -0.3 is 19.8 Å². The molecule has 118 valence electrons. The number of aromatic nitrogens is 1. The Morgan fingerprint density at radius 2 is 2.23 bits per heavy atom. The maximum absolute atomic E-state index is 6.08. The van der Waals surface area contributed by atoms with E-state index in [9.17, 15) is 0 Å². The van der Waals surface area contributed by atoms with E-state index in [2.05, 4.69) is 39.5 Å². The molecule has 1 aromatic heterocycles. The molecule has 0 aliphatic carbocycles. The molecule has 2 aliphatic rings. The second kappa shape index (κ2) is 6.01. The first-order chi connectivity index (χ1) is 10.8. The Balaban J connectivity index is 1.47. The van der Waals surface area contributed by atoms with E-state index in [0.717, 1.165) is 45.9 Å². The van der Waals surface area contributed by atoms with Crippen LogP contribution in [0.2, 0.25) is 0 Å². The Morgan fingerprint density at radius 1 is 1.23 bits per heavy atom. The van der Waals surface area contributed by atoms with Crippen molar-refractivity contribution in [3.05, 3.63) is 36.0 Å². The topological polar surface area (TPSA) is 49.5 Å². The molecular weight excluding hydrogens is 278 g/mol. The van der Waals surface area contributed by atoms with Crippen LogP contribution in [0, 0.1) is 0 Å². The fourth-order valence-corrected chi connectivity index (χ4v) is 3.48. The van der Waals surface area contributed by atoms with Crippen LogP contribution in [0.1, 0.15) is 5.56 Å². The average Bonchev–Trinajstić information content (AvgIpc) is 2.88. The van der Waals surface area contributed by atoms with Crippen molar-refractivity contribution in [3.63, 3.8) is 0 Å². The lowest BCUT2D eigenvalue weighted by molar-refractivity contribution is -0.135. The number of morpholine rings is 1. The van der Waals surface area contributed by atoms with Crippen molar-refractivity contribution >= 4 is 10.9 Å². The van der Waals surface area contributed by atoms with Crippen LogP contribution in [0.4, 0.5) is 0 Å². The molecule has 0 radical (unpaired) electrons. The van der Waals surface area contributed by atoms with Crippen LogP contribution in [0.25, 0.3) is 10.9 Å². The number of hydrogen-bond acceptors (Lipinski definition) is 4. The zero-order valence-corrected chi connectivity index (χ0v) is 12.8. The molecule has 1 atom stereocenters. The molecular formula is C17H23N3O2. The minimum atomic E-state index is -0.188. The lowest BCUT2D eigenvalue weighted by Gasteiger charge is -2.41. The standard InChI is InChI=1S/C17H23N3O2/c1-2-16-15(3-4-19-16)9-14(1)10-20-6-8-22-17(12-20)11-18-5-7-21-13-17/h1-4,9,18-19H,5-8,10-13H2. The summed E-state index contributed by atoms with van der Waals surface area (Å²) in [6.07, 6.45) is 1.99. The quantitative estimate of drug-likeness (QED) is 0.879. The van der Waals surface area contributed by atoms with E-state index in [1.807, 2.05) is 6.20 Å². The zero-order chi connectivity index (χ0) is 14.8. The predicted molar refractivity (Wildman–Crippen MR) is 85.9 cm³/mol. The number of nitrogens with zero attached hydrogens (tertiary/aromatic N) is 1. The highest BCUT2D eigenvalue weighted by Gasteiger charge is 2.37. The highest BCUT2D eigenvalue weighted by atomic mass is 16.5. The molecule has 1 aromatic carbocycles. The van der Waals surface area contributed by atoms with Gasteiger partial charge in [0, 0.05) is 44.4 Å². The number of rotatable bonds is 2. The van der Waals surface area contributed by atoms with Crippen molar-refractivity contribution in [3.8, 4) is 0 Å². The summed E-state index contributed by atoms with van der Waals surface area (Å²) in [5.41, 5.74) is 2.36. The molecule has 0 saturated carbocycles. The van der Waals surface area contributed by atoms with Crippen molar-refractivity contribution in [1.82, 2.24) is 15.2 Å². The molecule has 5 nitrogen and oxygen atoms in total. The molecule has 2 fully saturated rings. The highest BCUT2D eigenvalue weighted by Crippen LogP contribution is 2.22. The van der Waals surface area contributed by atoms with E-state index in [0.29, 0.717) is 6.61 Å². The summed E-state index contributed by atoms with van der Waals surface area (Å²) in [6, 6.07) is 8.78. The molecule has 5 heteroatoms. The average molecular weight is 301 g/mol. The summed E-state index contributed by atoms with van der Waals surface area (Å²) in [6.45, 7) is 6.89. The molecule has 0 bridgehead atoms. The minimum Gasteiger partial charge on any atom is -0.377 e. The smallest absolute Gasteiger partial charge is 0.116 e. The Labute approximate surface area is 130 Å². The maximum atomic E-state index is 6.08. The van der Waals surface area contributed by atoms with Gasteiger partial charge in [0.2, 0.25) is 0 Å². The Kier molecular flexibility index (Phi) is 3.88. The Bertz CT molecular complexity index is 632. The molecule has 2 aromatic rings. The minimum absolute atomic E-state index is 0.188. The van der Waals surface area contributed by atoms with Crippen LogP contribution < -0.4 is 5.32 Å². The van der Waals surface area contributed by atoms with Gasteiger partial charge in [0.1, 0.15) is 5.60 Å². The van der Waals surface area contributed by atoms with E-state index in [1.165, 1.54) is 16.5 Å². The van der Waals surface area contributed by atoms with E-state index in [-0.39, 0.29) is 5.60 Å².